The van der Waals surface area contributed by atoms with E-state index in [1.807, 2.05) is 0 Å². The molecule has 3 nitrogen and oxygen atoms in total. The van der Waals surface area contributed by atoms with Crippen molar-refractivity contribution in [2.75, 3.05) is 0 Å². The number of aliphatic hydroxyl groups excluding tert-OH is 1. The maximum Gasteiger partial charge on any atom is 0.303 e. The highest BCUT2D eigenvalue weighted by atomic mass is 16.4. The van der Waals surface area contributed by atoms with E-state index in [0.29, 0.717) is 0 Å². The Bertz CT molecular complexity index is 98.5. The third-order valence-corrected chi connectivity index (χ3v) is 1.32. The Hall–Kier alpha value is -0.570. The van der Waals surface area contributed by atoms with E-state index >= 15 is 0 Å². The lowest BCUT2D eigenvalue weighted by Gasteiger charge is -2.10. The predicted octanol–water partition coefficient (Wildman–Crippen LogP) is 0.478. The molecule has 0 rings (SSSR count). The molecule has 0 radical (unpaired) electrons. The molecule has 0 heterocycles. The second-order valence-electron chi connectivity index (χ2n) is 2.32. The van der Waals surface area contributed by atoms with Crippen LogP contribution in [0.4, 0.5) is 0 Å². The normalized spacial score (nSPS) is 16.8. The molecule has 0 unspecified atom stereocenters. The third kappa shape index (κ3) is 3.97. The second-order valence-corrected chi connectivity index (χ2v) is 2.32. The van der Waals surface area contributed by atoms with Gasteiger partial charge in [-0.25, -0.2) is 0 Å². The fraction of sp³-hybridized carbons (Fsp3) is 0.833. The molecule has 0 aliphatic rings. The van der Waals surface area contributed by atoms with Gasteiger partial charge in [0.2, 0.25) is 0 Å². The topological polar surface area (TPSA) is 57.5 Å². The van der Waals surface area contributed by atoms with Crippen molar-refractivity contribution in [2.45, 2.75) is 26.4 Å². The van der Waals surface area contributed by atoms with E-state index in [4.69, 9.17) is 10.2 Å². The van der Waals surface area contributed by atoms with Gasteiger partial charge < -0.3 is 10.2 Å². The number of carboxylic acid groups (broad SMARTS) is 1. The first-order valence-electron chi connectivity index (χ1n) is 2.94. The molecule has 0 aliphatic carbocycles. The van der Waals surface area contributed by atoms with Gasteiger partial charge in [-0.3, -0.25) is 4.79 Å². The average Bonchev–Trinajstić information content (AvgIpc) is 1.63. The first-order valence-corrected chi connectivity index (χ1v) is 2.94. The van der Waals surface area contributed by atoms with Crippen LogP contribution in [0.25, 0.3) is 0 Å². The lowest BCUT2D eigenvalue weighted by Crippen LogP contribution is -2.16. The van der Waals surface area contributed by atoms with Gasteiger partial charge in [0.25, 0.3) is 0 Å². The van der Waals surface area contributed by atoms with Gasteiger partial charge in [-0.15, -0.1) is 0 Å². The number of hydrogen-bond acceptors (Lipinski definition) is 2. The second kappa shape index (κ2) is 3.45. The molecule has 0 saturated carbocycles. The van der Waals surface area contributed by atoms with Gasteiger partial charge in [0.1, 0.15) is 0 Å². The van der Waals surface area contributed by atoms with Crippen LogP contribution < -0.4 is 0 Å². The minimum Gasteiger partial charge on any atom is -0.481 e. The van der Waals surface area contributed by atoms with Crippen molar-refractivity contribution in [3.8, 4) is 0 Å². The molecule has 3 heteroatoms. The summed E-state index contributed by atoms with van der Waals surface area (Å²) in [5.41, 5.74) is 0. The van der Waals surface area contributed by atoms with Crippen molar-refractivity contribution >= 4 is 5.97 Å². The van der Waals surface area contributed by atoms with E-state index in [2.05, 4.69) is 0 Å². The summed E-state index contributed by atoms with van der Waals surface area (Å²) < 4.78 is 0. The lowest BCUT2D eigenvalue weighted by molar-refractivity contribution is -0.138. The Balaban J connectivity index is 3.50. The summed E-state index contributed by atoms with van der Waals surface area (Å²) >= 11 is 0. The zero-order chi connectivity index (χ0) is 7.44. The summed E-state index contributed by atoms with van der Waals surface area (Å²) in [6.07, 6.45) is -0.487. The van der Waals surface area contributed by atoms with Crippen molar-refractivity contribution in [3.63, 3.8) is 0 Å². The molecule has 2 atom stereocenters. The van der Waals surface area contributed by atoms with E-state index in [-0.39, 0.29) is 12.3 Å². The van der Waals surface area contributed by atoms with Crippen LogP contribution in [0.2, 0.25) is 0 Å². The van der Waals surface area contributed by atoms with E-state index in [9.17, 15) is 4.79 Å². The number of carbonyl (C=O) groups is 1. The molecule has 0 fully saturated rings. The first-order chi connectivity index (χ1) is 4.04. The standard InChI is InChI=1S/C6H12O3/c1-4(5(2)7)3-6(8)9/h4-5,7H,3H2,1-2H3,(H,8,9)/t4-,5+/m0/s1. The Morgan fingerprint density at radius 2 is 2.00 bits per heavy atom. The van der Waals surface area contributed by atoms with Crippen LogP contribution in [-0.2, 0) is 4.79 Å². The van der Waals surface area contributed by atoms with Crippen LogP contribution in [0.5, 0.6) is 0 Å². The molecule has 0 spiro atoms. The summed E-state index contributed by atoms with van der Waals surface area (Å²) in [7, 11) is 0. The summed E-state index contributed by atoms with van der Waals surface area (Å²) in [6, 6.07) is 0. The smallest absolute Gasteiger partial charge is 0.303 e. The Morgan fingerprint density at radius 1 is 1.56 bits per heavy atom. The molecule has 2 N–H and O–H groups in total. The third-order valence-electron chi connectivity index (χ3n) is 1.32. The summed E-state index contributed by atoms with van der Waals surface area (Å²) in [5, 5.41) is 17.0. The molecule has 0 bridgehead atoms. The van der Waals surface area contributed by atoms with Gasteiger partial charge in [-0.05, 0) is 12.8 Å². The summed E-state index contributed by atoms with van der Waals surface area (Å²) in [5.74, 6) is -1.01. The summed E-state index contributed by atoms with van der Waals surface area (Å²) in [6.45, 7) is 3.30. The zero-order valence-corrected chi connectivity index (χ0v) is 5.66. The Labute approximate surface area is 54.3 Å². The van der Waals surface area contributed by atoms with Gasteiger partial charge in [-0.2, -0.15) is 0 Å². The van der Waals surface area contributed by atoms with Crippen molar-refractivity contribution in [1.29, 1.82) is 0 Å². The average molecular weight is 132 g/mol. The van der Waals surface area contributed by atoms with E-state index in [0.717, 1.165) is 0 Å². The molecule has 0 aromatic rings. The predicted molar refractivity (Wildman–Crippen MR) is 33.1 cm³/mol. The molecule has 9 heavy (non-hydrogen) atoms. The number of carboxylic acids is 1. The van der Waals surface area contributed by atoms with E-state index in [1.165, 1.54) is 0 Å². The number of hydrogen-bond donors (Lipinski definition) is 2. The fourth-order valence-electron chi connectivity index (χ4n) is 0.446. The van der Waals surface area contributed by atoms with Crippen LogP contribution >= 0.6 is 0 Å². The lowest BCUT2D eigenvalue weighted by atomic mass is 10.0. The van der Waals surface area contributed by atoms with Gasteiger partial charge in [-0.1, -0.05) is 6.92 Å². The molecular formula is C6H12O3. The molecule has 0 aliphatic heterocycles. The van der Waals surface area contributed by atoms with Crippen molar-refractivity contribution in [3.05, 3.63) is 0 Å². The molecule has 54 valence electrons. The van der Waals surface area contributed by atoms with Crippen molar-refractivity contribution in [2.24, 2.45) is 5.92 Å². The number of aliphatic hydroxyl groups is 1. The van der Waals surface area contributed by atoms with Crippen molar-refractivity contribution in [1.82, 2.24) is 0 Å². The van der Waals surface area contributed by atoms with Gasteiger partial charge in [0, 0.05) is 0 Å². The fourth-order valence-corrected chi connectivity index (χ4v) is 0.446. The first kappa shape index (κ1) is 8.43. The van der Waals surface area contributed by atoms with Gasteiger partial charge >= 0.3 is 5.97 Å². The Kier molecular flexibility index (Phi) is 3.24. The Morgan fingerprint density at radius 3 is 2.11 bits per heavy atom. The maximum absolute atomic E-state index is 10.0. The van der Waals surface area contributed by atoms with Crippen LogP contribution in [-0.4, -0.2) is 22.3 Å². The molecule has 0 saturated heterocycles. The molecule has 0 aromatic carbocycles. The largest absolute Gasteiger partial charge is 0.481 e. The zero-order valence-electron chi connectivity index (χ0n) is 5.66. The minimum absolute atomic E-state index is 0.0394. The van der Waals surface area contributed by atoms with Crippen LogP contribution in [0.3, 0.4) is 0 Å². The van der Waals surface area contributed by atoms with E-state index < -0.39 is 12.1 Å². The molecular weight excluding hydrogens is 120 g/mol. The van der Waals surface area contributed by atoms with Crippen LogP contribution in [0.1, 0.15) is 20.3 Å². The SMILES string of the molecule is C[C@@H](O)[C@@H](C)CC(=O)O. The summed E-state index contributed by atoms with van der Waals surface area (Å²) in [4.78, 5) is 10.0. The van der Waals surface area contributed by atoms with Crippen molar-refractivity contribution < 1.29 is 15.0 Å². The highest BCUT2D eigenvalue weighted by Gasteiger charge is 2.11. The van der Waals surface area contributed by atoms with Crippen LogP contribution in [0, 0.1) is 5.92 Å². The van der Waals surface area contributed by atoms with Gasteiger partial charge in [0.05, 0.1) is 12.5 Å². The quantitative estimate of drug-likeness (QED) is 0.587. The van der Waals surface area contributed by atoms with Crippen LogP contribution in [0.15, 0.2) is 0 Å². The highest BCUT2D eigenvalue weighted by Crippen LogP contribution is 2.06. The molecule has 0 aromatic heterocycles. The number of rotatable bonds is 3. The maximum atomic E-state index is 10.0. The monoisotopic (exact) mass is 132 g/mol. The van der Waals surface area contributed by atoms with Gasteiger partial charge in [0.15, 0.2) is 0 Å². The minimum atomic E-state index is -0.858. The molecule has 0 amide bonds. The van der Waals surface area contributed by atoms with E-state index in [1.54, 1.807) is 13.8 Å². The number of aliphatic carboxylic acids is 1. The highest BCUT2D eigenvalue weighted by molar-refractivity contribution is 5.67.